The quantitative estimate of drug-likeness (QED) is 0.380. The second-order valence-electron chi connectivity index (χ2n) is 7.20. The third-order valence-electron chi connectivity index (χ3n) is 5.01. The monoisotopic (exact) mass is 441 g/mol. The summed E-state index contributed by atoms with van der Waals surface area (Å²) in [5.41, 5.74) is 5.69. The van der Waals surface area contributed by atoms with Crippen LogP contribution in [0.1, 0.15) is 11.1 Å². The molecule has 31 heavy (non-hydrogen) atoms. The maximum Gasteiger partial charge on any atom is 0.267 e. The van der Waals surface area contributed by atoms with Gasteiger partial charge in [-0.15, -0.1) is 11.3 Å². The van der Waals surface area contributed by atoms with Gasteiger partial charge in [-0.1, -0.05) is 90.1 Å². The van der Waals surface area contributed by atoms with Gasteiger partial charge in [0, 0.05) is 10.9 Å². The lowest BCUT2D eigenvalue weighted by atomic mass is 10.1. The fraction of sp³-hybridized carbons (Fsp3) is 0.0800. The molecule has 0 N–H and O–H groups in total. The predicted octanol–water partition coefficient (Wildman–Crippen LogP) is 6.03. The average molecular weight is 442 g/mol. The van der Waals surface area contributed by atoms with E-state index in [0.717, 1.165) is 32.6 Å². The van der Waals surface area contributed by atoms with Crippen LogP contribution in [-0.4, -0.2) is 21.9 Å². The van der Waals surface area contributed by atoms with Crippen LogP contribution >= 0.6 is 23.1 Å². The molecule has 1 aromatic heterocycles. The molecule has 0 bridgehead atoms. The van der Waals surface area contributed by atoms with E-state index in [1.165, 1.54) is 22.3 Å². The van der Waals surface area contributed by atoms with Crippen molar-refractivity contribution in [2.45, 2.75) is 16.5 Å². The molecule has 0 saturated heterocycles. The molecule has 3 aromatic carbocycles. The average Bonchev–Trinajstić information content (AvgIpc) is 3.41. The van der Waals surface area contributed by atoms with E-state index >= 15 is 0 Å². The lowest BCUT2D eigenvalue weighted by Gasteiger charge is -2.13. The molecule has 1 atom stereocenters. The van der Waals surface area contributed by atoms with Gasteiger partial charge < -0.3 is 0 Å². The third kappa shape index (κ3) is 4.04. The molecule has 6 heteroatoms. The molecule has 1 aliphatic heterocycles. The van der Waals surface area contributed by atoms with Crippen molar-refractivity contribution in [3.63, 3.8) is 0 Å². The van der Waals surface area contributed by atoms with Gasteiger partial charge in [-0.25, -0.2) is 4.98 Å². The lowest BCUT2D eigenvalue weighted by Crippen LogP contribution is -2.29. The Kier molecular flexibility index (Phi) is 5.40. The first-order chi connectivity index (χ1) is 15.2. The maximum absolute atomic E-state index is 13.4. The van der Waals surface area contributed by atoms with Gasteiger partial charge in [0.15, 0.2) is 4.34 Å². The molecular formula is C25H19N3OS2. The summed E-state index contributed by atoms with van der Waals surface area (Å²) in [5, 5.41) is 7.82. The number of hydrazone groups is 1. The molecule has 0 saturated carbocycles. The van der Waals surface area contributed by atoms with E-state index in [4.69, 9.17) is 10.1 Å². The number of nitrogens with zero attached hydrogens (tertiary/aromatic N) is 3. The normalized spacial score (nSPS) is 15.9. The number of aromatic nitrogens is 1. The molecule has 5 rings (SSSR count). The maximum atomic E-state index is 13.4. The minimum absolute atomic E-state index is 0.0536. The Morgan fingerprint density at radius 3 is 2.26 bits per heavy atom. The smallest absolute Gasteiger partial charge is 0.267 e. The largest absolute Gasteiger partial charge is 0.271 e. The van der Waals surface area contributed by atoms with E-state index in [0.29, 0.717) is 0 Å². The van der Waals surface area contributed by atoms with Gasteiger partial charge in [-0.2, -0.15) is 10.1 Å². The molecule has 0 radical (unpaired) electrons. The SMILES string of the molecule is Cc1ccc(-c2csc(S[C@H]3C(=O)N(c4ccccc4)N=C3c3ccccc3)n2)cc1. The van der Waals surface area contributed by atoms with Crippen molar-refractivity contribution in [3.05, 3.63) is 101 Å². The number of rotatable bonds is 5. The topological polar surface area (TPSA) is 45.6 Å². The number of aryl methyl sites for hydroxylation is 1. The van der Waals surface area contributed by atoms with Crippen LogP contribution in [0.15, 0.2) is 99.8 Å². The lowest BCUT2D eigenvalue weighted by molar-refractivity contribution is -0.116. The van der Waals surface area contributed by atoms with E-state index in [9.17, 15) is 4.79 Å². The molecule has 4 nitrogen and oxygen atoms in total. The van der Waals surface area contributed by atoms with Crippen LogP contribution in [0.5, 0.6) is 0 Å². The Morgan fingerprint density at radius 2 is 1.55 bits per heavy atom. The fourth-order valence-corrected chi connectivity index (χ4v) is 5.44. The van der Waals surface area contributed by atoms with E-state index in [1.54, 1.807) is 11.3 Å². The molecule has 0 unspecified atom stereocenters. The van der Waals surface area contributed by atoms with E-state index in [-0.39, 0.29) is 5.91 Å². The van der Waals surface area contributed by atoms with E-state index in [2.05, 4.69) is 31.2 Å². The van der Waals surface area contributed by atoms with Crippen molar-refractivity contribution in [1.29, 1.82) is 0 Å². The van der Waals surface area contributed by atoms with Crippen LogP contribution < -0.4 is 5.01 Å². The zero-order chi connectivity index (χ0) is 21.2. The van der Waals surface area contributed by atoms with Crippen molar-refractivity contribution in [2.24, 2.45) is 5.10 Å². The van der Waals surface area contributed by atoms with Gasteiger partial charge >= 0.3 is 0 Å². The zero-order valence-corrected chi connectivity index (χ0v) is 18.4. The number of thioether (sulfide) groups is 1. The highest BCUT2D eigenvalue weighted by atomic mass is 32.2. The summed E-state index contributed by atoms with van der Waals surface area (Å²) in [5.74, 6) is -0.0536. The Bertz CT molecular complexity index is 1230. The van der Waals surface area contributed by atoms with Gasteiger partial charge in [0.1, 0.15) is 5.25 Å². The van der Waals surface area contributed by atoms with Crippen LogP contribution in [0.25, 0.3) is 11.3 Å². The Labute approximate surface area is 189 Å². The van der Waals surface area contributed by atoms with Gasteiger partial charge in [-0.3, -0.25) is 4.79 Å². The van der Waals surface area contributed by atoms with Gasteiger partial charge in [0.25, 0.3) is 5.91 Å². The highest BCUT2D eigenvalue weighted by molar-refractivity contribution is 8.03. The molecule has 152 valence electrons. The Morgan fingerprint density at radius 1 is 0.871 bits per heavy atom. The van der Waals surface area contributed by atoms with Crippen LogP contribution in [-0.2, 0) is 4.79 Å². The first-order valence-electron chi connectivity index (χ1n) is 9.91. The van der Waals surface area contributed by atoms with E-state index in [1.807, 2.05) is 66.0 Å². The molecule has 2 heterocycles. The molecule has 1 amide bonds. The molecular weight excluding hydrogens is 422 g/mol. The number of para-hydroxylation sites is 1. The Balaban J connectivity index is 1.46. The minimum Gasteiger partial charge on any atom is -0.271 e. The molecule has 0 aliphatic carbocycles. The zero-order valence-electron chi connectivity index (χ0n) is 16.8. The molecule has 0 fully saturated rings. The number of thiazole rings is 1. The van der Waals surface area contributed by atoms with Crippen LogP contribution in [0.4, 0.5) is 5.69 Å². The predicted molar refractivity (Wildman–Crippen MR) is 129 cm³/mol. The number of carbonyl (C=O) groups is 1. The number of anilines is 1. The second-order valence-corrected chi connectivity index (χ2v) is 9.41. The first-order valence-corrected chi connectivity index (χ1v) is 11.7. The van der Waals surface area contributed by atoms with E-state index < -0.39 is 5.25 Å². The number of amides is 1. The summed E-state index contributed by atoms with van der Waals surface area (Å²) in [6.45, 7) is 2.07. The van der Waals surface area contributed by atoms with Crippen LogP contribution in [0.3, 0.4) is 0 Å². The summed E-state index contributed by atoms with van der Waals surface area (Å²) in [7, 11) is 0. The summed E-state index contributed by atoms with van der Waals surface area (Å²) in [6, 6.07) is 27.8. The van der Waals surface area contributed by atoms with Gasteiger partial charge in [0.2, 0.25) is 0 Å². The molecule has 0 spiro atoms. The number of carbonyl (C=O) groups excluding carboxylic acids is 1. The third-order valence-corrected chi connectivity index (χ3v) is 7.17. The van der Waals surface area contributed by atoms with Crippen molar-refractivity contribution in [2.75, 3.05) is 5.01 Å². The number of benzene rings is 3. The van der Waals surface area contributed by atoms with Crippen molar-refractivity contribution < 1.29 is 4.79 Å². The van der Waals surface area contributed by atoms with Crippen molar-refractivity contribution in [1.82, 2.24) is 4.98 Å². The molecule has 4 aromatic rings. The summed E-state index contributed by atoms with van der Waals surface area (Å²) in [6.07, 6.45) is 0. The van der Waals surface area contributed by atoms with Crippen LogP contribution in [0, 0.1) is 6.92 Å². The molecule has 1 aliphatic rings. The highest BCUT2D eigenvalue weighted by Gasteiger charge is 2.38. The van der Waals surface area contributed by atoms with Gasteiger partial charge in [-0.05, 0) is 24.6 Å². The minimum atomic E-state index is -0.445. The van der Waals surface area contributed by atoms with Crippen molar-refractivity contribution >= 4 is 40.4 Å². The fourth-order valence-electron chi connectivity index (χ4n) is 3.39. The standard InChI is InChI=1S/C25H19N3OS2/c1-17-12-14-18(15-13-17)21-16-30-25(26-21)31-23-22(19-8-4-2-5-9-19)27-28(24(23)29)20-10-6-3-7-11-20/h2-16,23H,1H3/t23-/m1/s1. The highest BCUT2D eigenvalue weighted by Crippen LogP contribution is 2.36. The first kappa shape index (κ1) is 19.7. The van der Waals surface area contributed by atoms with Gasteiger partial charge in [0.05, 0.1) is 17.1 Å². The number of hydrogen-bond donors (Lipinski definition) is 0. The summed E-state index contributed by atoms with van der Waals surface area (Å²) < 4.78 is 0.854. The van der Waals surface area contributed by atoms with Crippen molar-refractivity contribution in [3.8, 4) is 11.3 Å². The summed E-state index contributed by atoms with van der Waals surface area (Å²) >= 11 is 3.02. The second kappa shape index (κ2) is 8.49. The summed E-state index contributed by atoms with van der Waals surface area (Å²) in [4.78, 5) is 18.2. The number of hydrogen-bond acceptors (Lipinski definition) is 5. The van der Waals surface area contributed by atoms with Crippen LogP contribution in [0.2, 0.25) is 0 Å². The Hall–Kier alpha value is -3.22.